The zero-order valence-corrected chi connectivity index (χ0v) is 9.60. The third-order valence-electron chi connectivity index (χ3n) is 2.43. The first-order valence-electron chi connectivity index (χ1n) is 5.21. The molecule has 0 spiro atoms. The minimum Gasteiger partial charge on any atom is -0.389 e. The molecule has 0 aromatic rings. The zero-order valence-electron chi connectivity index (χ0n) is 9.60. The number of rotatable bonds is 3. The highest BCUT2D eigenvalue weighted by Gasteiger charge is 2.27. The van der Waals surface area contributed by atoms with E-state index >= 15 is 0 Å². The van der Waals surface area contributed by atoms with Crippen molar-refractivity contribution in [3.05, 3.63) is 12.2 Å². The van der Waals surface area contributed by atoms with Gasteiger partial charge in [0.25, 0.3) is 0 Å². The van der Waals surface area contributed by atoms with Crippen LogP contribution in [0.2, 0.25) is 0 Å². The maximum absolute atomic E-state index is 11.9. The molecule has 0 heterocycles. The molecule has 0 aromatic carbocycles. The van der Waals surface area contributed by atoms with Crippen molar-refractivity contribution in [3.63, 3.8) is 0 Å². The Morgan fingerprint density at radius 2 is 2.20 bits per heavy atom. The minimum absolute atomic E-state index is 0.00510. The van der Waals surface area contributed by atoms with Crippen molar-refractivity contribution in [2.24, 2.45) is 11.7 Å². The molecule has 0 aliphatic heterocycles. The highest BCUT2D eigenvalue weighted by molar-refractivity contribution is 5.81. The van der Waals surface area contributed by atoms with E-state index in [1.165, 1.54) is 0 Å². The molecule has 2 unspecified atom stereocenters. The number of hydrogen-bond acceptors (Lipinski definition) is 3. The third kappa shape index (κ3) is 3.64. The molecule has 0 saturated carbocycles. The van der Waals surface area contributed by atoms with Gasteiger partial charge in [0.2, 0.25) is 5.91 Å². The van der Waals surface area contributed by atoms with Crippen LogP contribution in [0.5, 0.6) is 0 Å². The molecule has 4 heteroatoms. The van der Waals surface area contributed by atoms with Crippen molar-refractivity contribution in [2.75, 3.05) is 13.6 Å². The number of carbonyl (C=O) groups is 1. The van der Waals surface area contributed by atoms with Crippen LogP contribution in [0.3, 0.4) is 0 Å². The van der Waals surface area contributed by atoms with Gasteiger partial charge in [-0.25, -0.2) is 0 Å². The van der Waals surface area contributed by atoms with Crippen LogP contribution >= 0.6 is 0 Å². The van der Waals surface area contributed by atoms with Crippen LogP contribution in [0.1, 0.15) is 20.3 Å². The largest absolute Gasteiger partial charge is 0.389 e. The second-order valence-electron chi connectivity index (χ2n) is 4.90. The fraction of sp³-hybridized carbons (Fsp3) is 0.727. The van der Waals surface area contributed by atoms with E-state index in [0.29, 0.717) is 13.0 Å². The Morgan fingerprint density at radius 1 is 1.60 bits per heavy atom. The maximum atomic E-state index is 11.9. The van der Waals surface area contributed by atoms with Gasteiger partial charge in [-0.3, -0.25) is 4.79 Å². The molecule has 0 bridgehead atoms. The quantitative estimate of drug-likeness (QED) is 0.653. The van der Waals surface area contributed by atoms with Gasteiger partial charge < -0.3 is 15.7 Å². The van der Waals surface area contributed by atoms with Crippen LogP contribution in [0, 0.1) is 5.92 Å². The standard InChI is InChI=1S/C11H20N2O2/c1-11(2,15)7-13(3)10(14)8-4-5-9(12)6-8/h4-5,8-9,15H,6-7,12H2,1-3H3. The summed E-state index contributed by atoms with van der Waals surface area (Å²) in [5.74, 6) is -0.0892. The topological polar surface area (TPSA) is 66.6 Å². The van der Waals surface area contributed by atoms with E-state index in [9.17, 15) is 9.90 Å². The Hall–Kier alpha value is -0.870. The molecule has 1 aliphatic rings. The summed E-state index contributed by atoms with van der Waals surface area (Å²) < 4.78 is 0. The maximum Gasteiger partial charge on any atom is 0.229 e. The fourth-order valence-corrected chi connectivity index (χ4v) is 1.85. The van der Waals surface area contributed by atoms with Gasteiger partial charge >= 0.3 is 0 Å². The first-order valence-corrected chi connectivity index (χ1v) is 5.21. The minimum atomic E-state index is -0.852. The molecule has 2 atom stereocenters. The summed E-state index contributed by atoms with van der Waals surface area (Å²) >= 11 is 0. The normalized spacial score (nSPS) is 25.7. The third-order valence-corrected chi connectivity index (χ3v) is 2.43. The van der Waals surface area contributed by atoms with E-state index in [1.54, 1.807) is 25.8 Å². The van der Waals surface area contributed by atoms with E-state index in [0.717, 1.165) is 0 Å². The van der Waals surface area contributed by atoms with Crippen molar-refractivity contribution < 1.29 is 9.90 Å². The van der Waals surface area contributed by atoms with Gasteiger partial charge in [-0.05, 0) is 20.3 Å². The summed E-state index contributed by atoms with van der Waals surface area (Å²) in [6.07, 6.45) is 4.39. The number of aliphatic hydroxyl groups is 1. The molecule has 1 aliphatic carbocycles. The summed E-state index contributed by atoms with van der Waals surface area (Å²) in [4.78, 5) is 13.4. The summed E-state index contributed by atoms with van der Waals surface area (Å²) in [6, 6.07) is -0.00510. The molecule has 0 fully saturated rings. The van der Waals surface area contributed by atoms with E-state index in [-0.39, 0.29) is 17.9 Å². The van der Waals surface area contributed by atoms with Crippen LogP contribution in [-0.4, -0.2) is 41.1 Å². The van der Waals surface area contributed by atoms with Gasteiger partial charge in [-0.15, -0.1) is 0 Å². The van der Waals surface area contributed by atoms with E-state index in [1.807, 2.05) is 12.2 Å². The van der Waals surface area contributed by atoms with E-state index in [2.05, 4.69) is 0 Å². The van der Waals surface area contributed by atoms with Crippen molar-refractivity contribution in [2.45, 2.75) is 31.9 Å². The number of nitrogens with zero attached hydrogens (tertiary/aromatic N) is 1. The van der Waals surface area contributed by atoms with Crippen LogP contribution in [0.4, 0.5) is 0 Å². The summed E-state index contributed by atoms with van der Waals surface area (Å²) in [6.45, 7) is 3.71. The molecule has 4 nitrogen and oxygen atoms in total. The lowest BCUT2D eigenvalue weighted by Crippen LogP contribution is -2.42. The Bertz CT molecular complexity index is 268. The van der Waals surface area contributed by atoms with Gasteiger partial charge in [0.05, 0.1) is 11.5 Å². The number of likely N-dealkylation sites (N-methyl/N-ethyl adjacent to an activating group) is 1. The first kappa shape index (κ1) is 12.2. The highest BCUT2D eigenvalue weighted by atomic mass is 16.3. The Morgan fingerprint density at radius 3 is 2.60 bits per heavy atom. The van der Waals surface area contributed by atoms with Crippen LogP contribution in [0.25, 0.3) is 0 Å². The zero-order chi connectivity index (χ0) is 11.6. The van der Waals surface area contributed by atoms with Crippen LogP contribution < -0.4 is 5.73 Å². The molecular formula is C11H20N2O2. The van der Waals surface area contributed by atoms with Gasteiger partial charge in [0.1, 0.15) is 0 Å². The fourth-order valence-electron chi connectivity index (χ4n) is 1.85. The molecule has 0 saturated heterocycles. The first-order chi connectivity index (χ1) is 6.79. The number of carbonyl (C=O) groups excluding carboxylic acids is 1. The van der Waals surface area contributed by atoms with Crippen molar-refractivity contribution in [1.82, 2.24) is 4.90 Å². The SMILES string of the molecule is CN(CC(C)(C)O)C(=O)C1C=CC(N)C1. The number of amides is 1. The molecular weight excluding hydrogens is 192 g/mol. The average molecular weight is 212 g/mol. The van der Waals surface area contributed by atoms with Gasteiger partial charge in [-0.1, -0.05) is 12.2 Å². The number of hydrogen-bond donors (Lipinski definition) is 2. The van der Waals surface area contributed by atoms with E-state index in [4.69, 9.17) is 5.73 Å². The molecule has 15 heavy (non-hydrogen) atoms. The molecule has 1 rings (SSSR count). The van der Waals surface area contributed by atoms with Gasteiger partial charge in [-0.2, -0.15) is 0 Å². The lowest BCUT2D eigenvalue weighted by Gasteiger charge is -2.27. The predicted molar refractivity (Wildman–Crippen MR) is 59.2 cm³/mol. The van der Waals surface area contributed by atoms with Crippen LogP contribution in [0.15, 0.2) is 12.2 Å². The smallest absolute Gasteiger partial charge is 0.229 e. The Kier molecular flexibility index (Phi) is 3.52. The average Bonchev–Trinajstić information content (AvgIpc) is 2.47. The molecule has 86 valence electrons. The lowest BCUT2D eigenvalue weighted by atomic mass is 10.0. The second-order valence-corrected chi connectivity index (χ2v) is 4.90. The summed E-state index contributed by atoms with van der Waals surface area (Å²) in [5, 5.41) is 9.60. The number of nitrogens with two attached hydrogens (primary N) is 1. The molecule has 0 aromatic heterocycles. The van der Waals surface area contributed by atoms with Crippen molar-refractivity contribution in [1.29, 1.82) is 0 Å². The molecule has 0 radical (unpaired) electrons. The van der Waals surface area contributed by atoms with E-state index < -0.39 is 5.60 Å². The predicted octanol–water partition coefficient (Wildman–Crippen LogP) is 0.119. The molecule has 3 N–H and O–H groups in total. The summed E-state index contributed by atoms with van der Waals surface area (Å²) in [7, 11) is 1.71. The lowest BCUT2D eigenvalue weighted by molar-refractivity contribution is -0.135. The molecule has 1 amide bonds. The Labute approximate surface area is 90.7 Å². The van der Waals surface area contributed by atoms with Crippen LogP contribution in [-0.2, 0) is 4.79 Å². The van der Waals surface area contributed by atoms with Crippen molar-refractivity contribution in [3.8, 4) is 0 Å². The van der Waals surface area contributed by atoms with Crippen molar-refractivity contribution >= 4 is 5.91 Å². The van der Waals surface area contributed by atoms with Gasteiger partial charge in [0.15, 0.2) is 0 Å². The second kappa shape index (κ2) is 4.33. The monoisotopic (exact) mass is 212 g/mol. The van der Waals surface area contributed by atoms with Gasteiger partial charge in [0, 0.05) is 19.6 Å². The summed E-state index contributed by atoms with van der Waals surface area (Å²) in [5.41, 5.74) is 4.83. The Balaban J connectivity index is 2.51. The highest BCUT2D eigenvalue weighted by Crippen LogP contribution is 2.19.